The van der Waals surface area contributed by atoms with Crippen molar-refractivity contribution in [3.63, 3.8) is 0 Å². The van der Waals surface area contributed by atoms with Gasteiger partial charge in [-0.3, -0.25) is 9.78 Å². The van der Waals surface area contributed by atoms with Gasteiger partial charge in [-0.25, -0.2) is 4.39 Å². The standard InChI is InChI=1S/C19H13F4NO2/c1-11(25)16-8-17(20)14-4-2-3-5-15(14)18(16)26-10-13-7-6-12(9-24-13)19(21,22)23/h2-9H,10H2,1H3. The third-order valence-electron chi connectivity index (χ3n) is 3.84. The molecule has 0 amide bonds. The molecule has 1 aromatic heterocycles. The Morgan fingerprint density at radius 1 is 1.12 bits per heavy atom. The molecule has 3 nitrogen and oxygen atoms in total. The lowest BCUT2D eigenvalue weighted by Crippen LogP contribution is -2.08. The molecule has 0 aliphatic heterocycles. The normalized spacial score (nSPS) is 11.6. The molecule has 26 heavy (non-hydrogen) atoms. The van der Waals surface area contributed by atoms with E-state index in [9.17, 15) is 22.4 Å². The molecule has 134 valence electrons. The molecule has 0 fully saturated rings. The topological polar surface area (TPSA) is 39.2 Å². The van der Waals surface area contributed by atoms with Gasteiger partial charge in [0.05, 0.1) is 16.8 Å². The highest BCUT2D eigenvalue weighted by molar-refractivity contribution is 6.04. The van der Waals surface area contributed by atoms with Crippen molar-refractivity contribution in [3.05, 3.63) is 71.3 Å². The number of benzene rings is 2. The molecule has 3 aromatic rings. The van der Waals surface area contributed by atoms with E-state index < -0.39 is 17.6 Å². The third-order valence-corrected chi connectivity index (χ3v) is 3.84. The van der Waals surface area contributed by atoms with E-state index in [1.54, 1.807) is 24.3 Å². The quantitative estimate of drug-likeness (QED) is 0.474. The Balaban J connectivity index is 1.94. The Kier molecular flexibility index (Phi) is 4.63. The van der Waals surface area contributed by atoms with Crippen LogP contribution in [0.1, 0.15) is 28.5 Å². The van der Waals surface area contributed by atoms with E-state index in [-0.39, 0.29) is 34.8 Å². The largest absolute Gasteiger partial charge is 0.486 e. The summed E-state index contributed by atoms with van der Waals surface area (Å²) in [5, 5.41) is 0.692. The lowest BCUT2D eigenvalue weighted by Gasteiger charge is -2.14. The summed E-state index contributed by atoms with van der Waals surface area (Å²) in [6, 6.07) is 9.69. The molecule has 0 unspecified atom stereocenters. The SMILES string of the molecule is CC(=O)c1cc(F)c2ccccc2c1OCc1ccc(C(F)(F)F)cn1. The smallest absolute Gasteiger partial charge is 0.417 e. The molecule has 0 aliphatic carbocycles. The average molecular weight is 363 g/mol. The number of ether oxygens (including phenoxy) is 1. The van der Waals surface area contributed by atoms with E-state index in [4.69, 9.17) is 4.74 Å². The van der Waals surface area contributed by atoms with E-state index in [1.807, 2.05) is 0 Å². The molecule has 7 heteroatoms. The van der Waals surface area contributed by atoms with Gasteiger partial charge < -0.3 is 4.74 Å². The maximum Gasteiger partial charge on any atom is 0.417 e. The lowest BCUT2D eigenvalue weighted by atomic mass is 10.0. The number of carbonyl (C=O) groups is 1. The maximum atomic E-state index is 14.2. The Morgan fingerprint density at radius 3 is 2.38 bits per heavy atom. The maximum absolute atomic E-state index is 14.2. The molecule has 0 atom stereocenters. The molecular formula is C19H13F4NO2. The first-order valence-corrected chi connectivity index (χ1v) is 7.64. The minimum absolute atomic E-state index is 0.0631. The van der Waals surface area contributed by atoms with Gasteiger partial charge in [0.25, 0.3) is 0 Å². The molecule has 0 N–H and O–H groups in total. The van der Waals surface area contributed by atoms with Gasteiger partial charge in [-0.1, -0.05) is 24.3 Å². The molecule has 0 bridgehead atoms. The number of ketones is 1. The van der Waals surface area contributed by atoms with Crippen LogP contribution in [0.25, 0.3) is 10.8 Å². The minimum Gasteiger partial charge on any atom is -0.486 e. The summed E-state index contributed by atoms with van der Waals surface area (Å²) in [6.07, 6.45) is -3.76. The highest BCUT2D eigenvalue weighted by Gasteiger charge is 2.30. The molecular weight excluding hydrogens is 350 g/mol. The number of alkyl halides is 3. The molecule has 1 heterocycles. The van der Waals surface area contributed by atoms with Gasteiger partial charge in [0.1, 0.15) is 18.2 Å². The number of aromatic nitrogens is 1. The van der Waals surface area contributed by atoms with Crippen molar-refractivity contribution in [3.8, 4) is 5.75 Å². The van der Waals surface area contributed by atoms with Gasteiger partial charge in [-0.15, -0.1) is 0 Å². The number of hydrogen-bond acceptors (Lipinski definition) is 3. The zero-order chi connectivity index (χ0) is 18.9. The number of halogens is 4. The highest BCUT2D eigenvalue weighted by atomic mass is 19.4. The summed E-state index contributed by atoms with van der Waals surface area (Å²) in [5.74, 6) is -0.757. The van der Waals surface area contributed by atoms with Crippen molar-refractivity contribution in [1.82, 2.24) is 4.98 Å². The van der Waals surface area contributed by atoms with Crippen molar-refractivity contribution >= 4 is 16.6 Å². The van der Waals surface area contributed by atoms with Crippen LogP contribution in [0.4, 0.5) is 17.6 Å². The summed E-state index contributed by atoms with van der Waals surface area (Å²) in [4.78, 5) is 15.6. The van der Waals surface area contributed by atoms with Crippen LogP contribution in [0.2, 0.25) is 0 Å². The predicted octanol–water partition coefficient (Wildman–Crippen LogP) is 5.17. The van der Waals surface area contributed by atoms with Crippen LogP contribution >= 0.6 is 0 Å². The van der Waals surface area contributed by atoms with Crippen molar-refractivity contribution in [2.75, 3.05) is 0 Å². The highest BCUT2D eigenvalue weighted by Crippen LogP contribution is 2.33. The third kappa shape index (κ3) is 3.51. The van der Waals surface area contributed by atoms with Crippen LogP contribution < -0.4 is 4.74 Å². The van der Waals surface area contributed by atoms with Crippen LogP contribution in [-0.2, 0) is 12.8 Å². The number of carbonyl (C=O) groups excluding carboxylic acids is 1. The summed E-state index contributed by atoms with van der Waals surface area (Å²) in [5.41, 5.74) is -0.549. The number of nitrogens with zero attached hydrogens (tertiary/aromatic N) is 1. The number of hydrogen-bond donors (Lipinski definition) is 0. The van der Waals surface area contributed by atoms with Crippen LogP contribution in [-0.4, -0.2) is 10.8 Å². The Labute approximate surface area is 146 Å². The number of rotatable bonds is 4. The first-order valence-electron chi connectivity index (χ1n) is 7.64. The van der Waals surface area contributed by atoms with Crippen molar-refractivity contribution in [1.29, 1.82) is 0 Å². The molecule has 0 spiro atoms. The first-order chi connectivity index (χ1) is 12.3. The molecule has 0 aliphatic rings. The Hall–Kier alpha value is -2.96. The molecule has 2 aromatic carbocycles. The lowest BCUT2D eigenvalue weighted by molar-refractivity contribution is -0.137. The zero-order valence-corrected chi connectivity index (χ0v) is 13.6. The van der Waals surface area contributed by atoms with Crippen LogP contribution in [0.3, 0.4) is 0 Å². The average Bonchev–Trinajstić information content (AvgIpc) is 2.60. The molecule has 0 saturated heterocycles. The first kappa shape index (κ1) is 17.8. The van der Waals surface area contributed by atoms with Crippen molar-refractivity contribution in [2.24, 2.45) is 0 Å². The van der Waals surface area contributed by atoms with Gasteiger partial charge in [-0.2, -0.15) is 13.2 Å². The predicted molar refractivity (Wildman–Crippen MR) is 87.5 cm³/mol. The van der Waals surface area contributed by atoms with Crippen molar-refractivity contribution < 1.29 is 27.1 Å². The van der Waals surface area contributed by atoms with Crippen LogP contribution in [0.15, 0.2) is 48.7 Å². The molecule has 0 saturated carbocycles. The summed E-state index contributed by atoms with van der Waals surface area (Å²) in [6.45, 7) is 1.13. The zero-order valence-electron chi connectivity index (χ0n) is 13.6. The summed E-state index contributed by atoms with van der Waals surface area (Å²) >= 11 is 0. The molecule has 3 rings (SSSR count). The molecule has 0 radical (unpaired) electrons. The number of Topliss-reactive ketones (excluding diaryl/α,β-unsaturated/α-hetero) is 1. The van der Waals surface area contributed by atoms with Gasteiger partial charge in [0.15, 0.2) is 5.78 Å². The number of fused-ring (bicyclic) bond motifs is 1. The van der Waals surface area contributed by atoms with E-state index in [2.05, 4.69) is 4.98 Å². The van der Waals surface area contributed by atoms with Crippen LogP contribution in [0.5, 0.6) is 5.75 Å². The minimum atomic E-state index is -4.47. The fourth-order valence-electron chi connectivity index (χ4n) is 2.55. The van der Waals surface area contributed by atoms with Crippen molar-refractivity contribution in [2.45, 2.75) is 19.7 Å². The second-order valence-corrected chi connectivity index (χ2v) is 5.66. The fourth-order valence-corrected chi connectivity index (χ4v) is 2.55. The van der Waals surface area contributed by atoms with E-state index in [1.165, 1.54) is 13.0 Å². The number of pyridine rings is 1. The van der Waals surface area contributed by atoms with E-state index >= 15 is 0 Å². The second-order valence-electron chi connectivity index (χ2n) is 5.66. The fraction of sp³-hybridized carbons (Fsp3) is 0.158. The van der Waals surface area contributed by atoms with Gasteiger partial charge >= 0.3 is 6.18 Å². The second kappa shape index (κ2) is 6.74. The summed E-state index contributed by atoms with van der Waals surface area (Å²) < 4.78 is 57.6. The Bertz CT molecular complexity index is 966. The van der Waals surface area contributed by atoms with Gasteiger partial charge in [-0.05, 0) is 25.1 Å². The summed E-state index contributed by atoms with van der Waals surface area (Å²) in [7, 11) is 0. The van der Waals surface area contributed by atoms with Crippen LogP contribution in [0, 0.1) is 5.82 Å². The van der Waals surface area contributed by atoms with E-state index in [0.717, 1.165) is 12.1 Å². The monoisotopic (exact) mass is 363 g/mol. The van der Waals surface area contributed by atoms with Gasteiger partial charge in [0, 0.05) is 17.0 Å². The Morgan fingerprint density at radius 2 is 1.81 bits per heavy atom. The van der Waals surface area contributed by atoms with Gasteiger partial charge in [0.2, 0.25) is 0 Å². The van der Waals surface area contributed by atoms with E-state index in [0.29, 0.717) is 11.6 Å².